The summed E-state index contributed by atoms with van der Waals surface area (Å²) in [5, 5.41) is 19.4. The zero-order chi connectivity index (χ0) is 14.0. The van der Waals surface area contributed by atoms with Crippen LogP contribution in [-0.4, -0.2) is 36.5 Å². The van der Waals surface area contributed by atoms with Gasteiger partial charge in [0.1, 0.15) is 6.54 Å². The molecule has 8 heteroatoms. The molecule has 2 N–H and O–H groups in total. The predicted molar refractivity (Wildman–Crippen MR) is 65.8 cm³/mol. The number of hydrogen-bond acceptors (Lipinski definition) is 4. The predicted octanol–water partition coefficient (Wildman–Crippen LogP) is 0.262. The summed E-state index contributed by atoms with van der Waals surface area (Å²) < 4.78 is 2.66. The first-order valence-corrected chi connectivity index (χ1v) is 5.52. The summed E-state index contributed by atoms with van der Waals surface area (Å²) in [5.74, 6) is -1.51. The van der Waals surface area contributed by atoms with Crippen molar-refractivity contribution in [2.45, 2.75) is 13.5 Å². The first kappa shape index (κ1) is 12.8. The summed E-state index contributed by atoms with van der Waals surface area (Å²) in [5.41, 5.74) is 0.911. The molecule has 0 bridgehead atoms. The van der Waals surface area contributed by atoms with Crippen LogP contribution in [0, 0.1) is 6.92 Å². The van der Waals surface area contributed by atoms with Crippen LogP contribution in [0.15, 0.2) is 18.5 Å². The topological polar surface area (TPSA) is 102 Å². The largest absolute Gasteiger partial charge is 0.476 e. The van der Waals surface area contributed by atoms with Gasteiger partial charge in [0.25, 0.3) is 0 Å². The van der Waals surface area contributed by atoms with Gasteiger partial charge in [-0.15, -0.1) is 0 Å². The Morgan fingerprint density at radius 1 is 1.47 bits per heavy atom. The lowest BCUT2D eigenvalue weighted by Crippen LogP contribution is -2.20. The van der Waals surface area contributed by atoms with Gasteiger partial charge in [-0.3, -0.25) is 14.2 Å². The van der Waals surface area contributed by atoms with Crippen LogP contribution in [0.5, 0.6) is 0 Å². The zero-order valence-corrected chi connectivity index (χ0v) is 10.5. The quantitative estimate of drug-likeness (QED) is 0.823. The van der Waals surface area contributed by atoms with E-state index in [-0.39, 0.29) is 23.8 Å². The molecule has 100 valence electrons. The monoisotopic (exact) mass is 263 g/mol. The van der Waals surface area contributed by atoms with Gasteiger partial charge in [0.05, 0.1) is 17.6 Å². The summed E-state index contributed by atoms with van der Waals surface area (Å²) in [6.07, 6.45) is 2.98. The number of amides is 1. The van der Waals surface area contributed by atoms with Crippen LogP contribution in [0.1, 0.15) is 16.2 Å². The minimum absolute atomic E-state index is 0.0157. The van der Waals surface area contributed by atoms with Crippen molar-refractivity contribution >= 4 is 17.6 Å². The Kier molecular flexibility index (Phi) is 3.32. The molecule has 0 aliphatic heterocycles. The summed E-state index contributed by atoms with van der Waals surface area (Å²) in [6, 6.07) is 1.78. The second-order valence-electron chi connectivity index (χ2n) is 4.04. The minimum Gasteiger partial charge on any atom is -0.476 e. The van der Waals surface area contributed by atoms with Gasteiger partial charge in [0, 0.05) is 13.2 Å². The standard InChI is InChI=1S/C11H13N5O3/c1-7-3-4-16(14-7)6-9(17)13-8-5-12-15(2)10(8)11(18)19/h3-5H,6H2,1-2H3,(H,13,17)(H,18,19). The highest BCUT2D eigenvalue weighted by Gasteiger charge is 2.17. The van der Waals surface area contributed by atoms with E-state index in [0.29, 0.717) is 0 Å². The van der Waals surface area contributed by atoms with Crippen LogP contribution in [0.25, 0.3) is 0 Å². The number of aromatic carboxylic acids is 1. The summed E-state index contributed by atoms with van der Waals surface area (Å²) in [6.45, 7) is 1.83. The third-order valence-electron chi connectivity index (χ3n) is 2.50. The van der Waals surface area contributed by atoms with Crippen molar-refractivity contribution in [3.63, 3.8) is 0 Å². The number of carbonyl (C=O) groups excluding carboxylic acids is 1. The lowest BCUT2D eigenvalue weighted by molar-refractivity contribution is -0.116. The number of carbonyl (C=O) groups is 2. The van der Waals surface area contributed by atoms with Crippen LogP contribution in [0.4, 0.5) is 5.69 Å². The summed E-state index contributed by atoms with van der Waals surface area (Å²) in [7, 11) is 1.50. The van der Waals surface area contributed by atoms with E-state index in [4.69, 9.17) is 5.11 Å². The smallest absolute Gasteiger partial charge is 0.356 e. The van der Waals surface area contributed by atoms with Gasteiger partial charge in [-0.1, -0.05) is 0 Å². The van der Waals surface area contributed by atoms with Gasteiger partial charge >= 0.3 is 5.97 Å². The fraction of sp³-hybridized carbons (Fsp3) is 0.273. The molecular weight excluding hydrogens is 250 g/mol. The maximum atomic E-state index is 11.8. The number of rotatable bonds is 4. The number of nitrogens with one attached hydrogen (secondary N) is 1. The number of aromatic nitrogens is 4. The van der Waals surface area contributed by atoms with E-state index < -0.39 is 5.97 Å². The summed E-state index contributed by atoms with van der Waals surface area (Å²) >= 11 is 0. The molecule has 1 amide bonds. The van der Waals surface area contributed by atoms with Crippen molar-refractivity contribution in [3.8, 4) is 0 Å². The first-order valence-electron chi connectivity index (χ1n) is 5.52. The molecule has 0 aliphatic rings. The molecule has 2 heterocycles. The third kappa shape index (κ3) is 2.79. The van der Waals surface area contributed by atoms with E-state index in [2.05, 4.69) is 15.5 Å². The first-order chi connectivity index (χ1) is 8.97. The normalized spacial score (nSPS) is 10.4. The second-order valence-corrected chi connectivity index (χ2v) is 4.04. The maximum absolute atomic E-state index is 11.8. The Bertz CT molecular complexity index is 628. The Morgan fingerprint density at radius 3 is 2.79 bits per heavy atom. The van der Waals surface area contributed by atoms with E-state index in [1.807, 2.05) is 6.92 Å². The third-order valence-corrected chi connectivity index (χ3v) is 2.50. The van der Waals surface area contributed by atoms with Crippen molar-refractivity contribution in [2.75, 3.05) is 5.32 Å². The lowest BCUT2D eigenvalue weighted by atomic mass is 10.3. The Labute approximate surface area is 108 Å². The van der Waals surface area contributed by atoms with E-state index in [1.165, 1.54) is 22.6 Å². The molecule has 0 aliphatic carbocycles. The van der Waals surface area contributed by atoms with Crippen molar-refractivity contribution < 1.29 is 14.7 Å². The molecule has 0 unspecified atom stereocenters. The molecule has 0 fully saturated rings. The maximum Gasteiger partial charge on any atom is 0.356 e. The molecular formula is C11H13N5O3. The Balaban J connectivity index is 2.09. The second kappa shape index (κ2) is 4.92. The molecule has 19 heavy (non-hydrogen) atoms. The molecule has 0 spiro atoms. The van der Waals surface area contributed by atoms with Gasteiger partial charge in [0.15, 0.2) is 5.69 Å². The lowest BCUT2D eigenvalue weighted by Gasteiger charge is -2.04. The van der Waals surface area contributed by atoms with Crippen LogP contribution >= 0.6 is 0 Å². The SMILES string of the molecule is Cc1ccn(CC(=O)Nc2cnn(C)c2C(=O)O)n1. The van der Waals surface area contributed by atoms with Crippen molar-refractivity contribution in [1.82, 2.24) is 19.6 Å². The number of carboxylic acids is 1. The van der Waals surface area contributed by atoms with Gasteiger partial charge in [-0.2, -0.15) is 10.2 Å². The van der Waals surface area contributed by atoms with Gasteiger partial charge in [0.2, 0.25) is 5.91 Å². The average Bonchev–Trinajstić information content (AvgIpc) is 2.85. The van der Waals surface area contributed by atoms with Gasteiger partial charge in [-0.05, 0) is 13.0 Å². The number of hydrogen-bond donors (Lipinski definition) is 2. The fourth-order valence-electron chi connectivity index (χ4n) is 1.67. The number of aryl methyl sites for hydroxylation is 2. The van der Waals surface area contributed by atoms with E-state index in [1.54, 1.807) is 12.3 Å². The molecule has 0 aromatic carbocycles. The van der Waals surface area contributed by atoms with E-state index in [0.717, 1.165) is 5.69 Å². The Morgan fingerprint density at radius 2 is 2.21 bits per heavy atom. The van der Waals surface area contributed by atoms with Crippen LogP contribution in [0.2, 0.25) is 0 Å². The van der Waals surface area contributed by atoms with Crippen molar-refractivity contribution in [3.05, 3.63) is 29.8 Å². The molecule has 0 radical (unpaired) electrons. The molecule has 0 saturated heterocycles. The van der Waals surface area contributed by atoms with E-state index in [9.17, 15) is 9.59 Å². The zero-order valence-electron chi connectivity index (χ0n) is 10.5. The van der Waals surface area contributed by atoms with Gasteiger partial charge in [-0.25, -0.2) is 4.79 Å². The highest BCUT2D eigenvalue weighted by atomic mass is 16.4. The molecule has 2 aromatic heterocycles. The molecule has 0 saturated carbocycles. The fourth-order valence-corrected chi connectivity index (χ4v) is 1.67. The summed E-state index contributed by atoms with van der Waals surface area (Å²) in [4.78, 5) is 22.8. The van der Waals surface area contributed by atoms with Crippen LogP contribution in [-0.2, 0) is 18.4 Å². The highest BCUT2D eigenvalue weighted by molar-refractivity contribution is 5.99. The highest BCUT2D eigenvalue weighted by Crippen LogP contribution is 2.13. The molecule has 2 rings (SSSR count). The van der Waals surface area contributed by atoms with E-state index >= 15 is 0 Å². The number of anilines is 1. The van der Waals surface area contributed by atoms with Crippen molar-refractivity contribution in [1.29, 1.82) is 0 Å². The van der Waals surface area contributed by atoms with Crippen LogP contribution < -0.4 is 5.32 Å². The van der Waals surface area contributed by atoms with Gasteiger partial charge < -0.3 is 10.4 Å². The Hall–Kier alpha value is -2.64. The van der Waals surface area contributed by atoms with Crippen LogP contribution in [0.3, 0.4) is 0 Å². The number of nitrogens with zero attached hydrogens (tertiary/aromatic N) is 4. The number of carboxylic acid groups (broad SMARTS) is 1. The average molecular weight is 263 g/mol. The van der Waals surface area contributed by atoms with Crippen molar-refractivity contribution in [2.24, 2.45) is 7.05 Å². The molecule has 0 atom stereocenters. The minimum atomic E-state index is -1.15. The molecule has 8 nitrogen and oxygen atoms in total. The molecule has 2 aromatic rings.